The van der Waals surface area contributed by atoms with E-state index in [-0.39, 0.29) is 29.8 Å². The van der Waals surface area contributed by atoms with E-state index in [0.29, 0.717) is 30.8 Å². The van der Waals surface area contributed by atoms with Crippen molar-refractivity contribution >= 4 is 34.9 Å². The monoisotopic (exact) mass is 456 g/mol. The second kappa shape index (κ2) is 11.1. The van der Waals surface area contributed by atoms with Crippen LogP contribution in [0, 0.1) is 12.8 Å². The maximum atomic E-state index is 13.0. The van der Waals surface area contributed by atoms with Crippen LogP contribution in [0.15, 0.2) is 41.8 Å². The number of nitrogens with one attached hydrogen (secondary N) is 3. The molecule has 3 rings (SSSR count). The summed E-state index contributed by atoms with van der Waals surface area (Å²) in [4.78, 5) is 40.6. The molecule has 0 spiro atoms. The summed E-state index contributed by atoms with van der Waals surface area (Å²) >= 11 is 1.35. The standard InChI is InChI=1S/C24H32N4O3S/c1-4-17(3)25-23(30)21(27-22(29)20-6-5-15-32-20)18-11-13-28(14-12-18)24(31)26-19-9-7-16(2)8-10-19/h5-10,15,17-18,21H,4,11-14H2,1-3H3,(H,25,30)(H,26,31)(H,27,29). The van der Waals surface area contributed by atoms with Gasteiger partial charge < -0.3 is 20.9 Å². The summed E-state index contributed by atoms with van der Waals surface area (Å²) < 4.78 is 0. The Morgan fingerprint density at radius 2 is 1.78 bits per heavy atom. The number of anilines is 1. The van der Waals surface area contributed by atoms with E-state index in [2.05, 4.69) is 16.0 Å². The van der Waals surface area contributed by atoms with Crippen LogP contribution >= 0.6 is 11.3 Å². The molecule has 1 aromatic heterocycles. The highest BCUT2D eigenvalue weighted by Crippen LogP contribution is 2.23. The molecule has 0 bridgehead atoms. The number of hydrogen-bond acceptors (Lipinski definition) is 4. The summed E-state index contributed by atoms with van der Waals surface area (Å²) in [5, 5.41) is 10.7. The topological polar surface area (TPSA) is 90.5 Å². The Bertz CT molecular complexity index is 906. The third kappa shape index (κ3) is 6.32. The average Bonchev–Trinajstić information content (AvgIpc) is 3.34. The molecule has 32 heavy (non-hydrogen) atoms. The lowest BCUT2D eigenvalue weighted by Crippen LogP contribution is -2.55. The van der Waals surface area contributed by atoms with Crippen molar-refractivity contribution in [3.63, 3.8) is 0 Å². The fraction of sp³-hybridized carbons (Fsp3) is 0.458. The number of likely N-dealkylation sites (tertiary alicyclic amines) is 1. The lowest BCUT2D eigenvalue weighted by Gasteiger charge is -2.36. The van der Waals surface area contributed by atoms with Crippen molar-refractivity contribution in [2.24, 2.45) is 5.92 Å². The molecule has 1 fully saturated rings. The van der Waals surface area contributed by atoms with Crippen LogP contribution in [0.5, 0.6) is 0 Å². The quantitative estimate of drug-likeness (QED) is 0.588. The molecule has 8 heteroatoms. The Kier molecular flexibility index (Phi) is 8.27. The number of nitrogens with zero attached hydrogens (tertiary/aromatic N) is 1. The predicted molar refractivity (Wildman–Crippen MR) is 128 cm³/mol. The van der Waals surface area contributed by atoms with Crippen molar-refractivity contribution in [3.8, 4) is 0 Å². The normalized spacial score (nSPS) is 16.2. The molecule has 0 aliphatic carbocycles. The van der Waals surface area contributed by atoms with Gasteiger partial charge in [0, 0.05) is 24.8 Å². The number of carbonyl (C=O) groups is 3. The molecule has 1 aliphatic rings. The first kappa shape index (κ1) is 23.8. The molecule has 1 aliphatic heterocycles. The molecular formula is C24H32N4O3S. The maximum absolute atomic E-state index is 13.0. The minimum atomic E-state index is -0.624. The van der Waals surface area contributed by atoms with Gasteiger partial charge in [-0.2, -0.15) is 0 Å². The van der Waals surface area contributed by atoms with Crippen LogP contribution in [-0.4, -0.2) is 47.9 Å². The van der Waals surface area contributed by atoms with Crippen LogP contribution in [0.3, 0.4) is 0 Å². The highest BCUT2D eigenvalue weighted by atomic mass is 32.1. The zero-order chi connectivity index (χ0) is 23.1. The zero-order valence-corrected chi connectivity index (χ0v) is 19.7. The van der Waals surface area contributed by atoms with E-state index in [1.54, 1.807) is 11.0 Å². The summed E-state index contributed by atoms with van der Waals surface area (Å²) in [6.45, 7) is 7.03. The molecule has 172 valence electrons. The van der Waals surface area contributed by atoms with Gasteiger partial charge in [-0.05, 0) is 62.6 Å². The molecule has 0 saturated carbocycles. The van der Waals surface area contributed by atoms with Crippen molar-refractivity contribution in [2.45, 2.75) is 52.1 Å². The van der Waals surface area contributed by atoms with Gasteiger partial charge in [0.2, 0.25) is 5.91 Å². The van der Waals surface area contributed by atoms with E-state index in [4.69, 9.17) is 0 Å². The van der Waals surface area contributed by atoms with Gasteiger partial charge in [-0.15, -0.1) is 11.3 Å². The second-order valence-corrected chi connectivity index (χ2v) is 9.31. The third-order valence-electron chi connectivity index (χ3n) is 5.92. The van der Waals surface area contributed by atoms with Gasteiger partial charge in [0.05, 0.1) is 4.88 Å². The first-order valence-electron chi connectivity index (χ1n) is 11.1. The molecule has 7 nitrogen and oxygen atoms in total. The van der Waals surface area contributed by atoms with Gasteiger partial charge in [0.25, 0.3) is 5.91 Å². The Labute approximate surface area is 193 Å². The minimum Gasteiger partial charge on any atom is -0.352 e. The van der Waals surface area contributed by atoms with E-state index in [9.17, 15) is 14.4 Å². The summed E-state index contributed by atoms with van der Waals surface area (Å²) in [7, 11) is 0. The van der Waals surface area contributed by atoms with Crippen molar-refractivity contribution in [3.05, 3.63) is 52.2 Å². The molecule has 0 radical (unpaired) electrons. The number of aryl methyl sites for hydroxylation is 1. The van der Waals surface area contributed by atoms with Gasteiger partial charge >= 0.3 is 6.03 Å². The van der Waals surface area contributed by atoms with Crippen LogP contribution in [0.4, 0.5) is 10.5 Å². The molecular weight excluding hydrogens is 424 g/mol. The number of urea groups is 1. The molecule has 2 aromatic rings. The number of piperidine rings is 1. The van der Waals surface area contributed by atoms with Crippen molar-refractivity contribution < 1.29 is 14.4 Å². The number of rotatable bonds is 7. The van der Waals surface area contributed by atoms with Crippen LogP contribution < -0.4 is 16.0 Å². The van der Waals surface area contributed by atoms with Crippen molar-refractivity contribution in [1.29, 1.82) is 0 Å². The minimum absolute atomic E-state index is 0.0315. The Morgan fingerprint density at radius 3 is 2.38 bits per heavy atom. The Morgan fingerprint density at radius 1 is 1.09 bits per heavy atom. The average molecular weight is 457 g/mol. The molecule has 2 heterocycles. The van der Waals surface area contributed by atoms with Gasteiger partial charge in [0.15, 0.2) is 0 Å². The molecule has 1 saturated heterocycles. The van der Waals surface area contributed by atoms with Gasteiger partial charge in [-0.25, -0.2) is 4.79 Å². The van der Waals surface area contributed by atoms with Crippen LogP contribution in [0.1, 0.15) is 48.3 Å². The molecule has 1 aromatic carbocycles. The Balaban J connectivity index is 1.61. The molecule has 4 amide bonds. The van der Waals surface area contributed by atoms with Crippen molar-refractivity contribution in [2.75, 3.05) is 18.4 Å². The first-order chi connectivity index (χ1) is 15.4. The molecule has 2 atom stereocenters. The van der Waals surface area contributed by atoms with E-state index in [0.717, 1.165) is 17.7 Å². The number of carbonyl (C=O) groups excluding carboxylic acids is 3. The van der Waals surface area contributed by atoms with Gasteiger partial charge in [0.1, 0.15) is 6.04 Å². The summed E-state index contributed by atoms with van der Waals surface area (Å²) in [6, 6.07) is 10.5. The lowest BCUT2D eigenvalue weighted by atomic mass is 9.88. The third-order valence-corrected chi connectivity index (χ3v) is 6.78. The van der Waals surface area contributed by atoms with E-state index >= 15 is 0 Å². The van der Waals surface area contributed by atoms with E-state index < -0.39 is 6.04 Å². The fourth-order valence-corrected chi connectivity index (χ4v) is 4.35. The fourth-order valence-electron chi connectivity index (χ4n) is 3.73. The van der Waals surface area contributed by atoms with Crippen LogP contribution in [0.25, 0.3) is 0 Å². The highest BCUT2D eigenvalue weighted by Gasteiger charge is 2.34. The number of thiophene rings is 1. The number of hydrogen-bond donors (Lipinski definition) is 3. The summed E-state index contributed by atoms with van der Waals surface area (Å²) in [6.07, 6.45) is 2.10. The first-order valence-corrected chi connectivity index (χ1v) is 12.0. The smallest absolute Gasteiger partial charge is 0.321 e. The highest BCUT2D eigenvalue weighted by molar-refractivity contribution is 7.12. The zero-order valence-electron chi connectivity index (χ0n) is 18.9. The van der Waals surface area contributed by atoms with Gasteiger partial charge in [-0.3, -0.25) is 9.59 Å². The second-order valence-electron chi connectivity index (χ2n) is 8.37. The largest absolute Gasteiger partial charge is 0.352 e. The van der Waals surface area contributed by atoms with E-state index in [1.165, 1.54) is 11.3 Å². The lowest BCUT2D eigenvalue weighted by molar-refractivity contribution is -0.125. The molecule has 2 unspecified atom stereocenters. The number of amides is 4. The summed E-state index contributed by atoms with van der Waals surface area (Å²) in [5.41, 5.74) is 1.90. The predicted octanol–water partition coefficient (Wildman–Crippen LogP) is 4.01. The van der Waals surface area contributed by atoms with Crippen molar-refractivity contribution in [1.82, 2.24) is 15.5 Å². The Hall–Kier alpha value is -2.87. The SMILES string of the molecule is CCC(C)NC(=O)C(NC(=O)c1cccs1)C1CCN(C(=O)Nc2ccc(C)cc2)CC1. The summed E-state index contributed by atoms with van der Waals surface area (Å²) in [5.74, 6) is -0.429. The van der Waals surface area contributed by atoms with Crippen LogP contribution in [-0.2, 0) is 4.79 Å². The van der Waals surface area contributed by atoms with E-state index in [1.807, 2.05) is 56.5 Å². The van der Waals surface area contributed by atoms with Gasteiger partial charge in [-0.1, -0.05) is 30.7 Å². The number of benzene rings is 1. The molecule has 3 N–H and O–H groups in total. The van der Waals surface area contributed by atoms with Crippen LogP contribution in [0.2, 0.25) is 0 Å². The maximum Gasteiger partial charge on any atom is 0.321 e.